The van der Waals surface area contributed by atoms with Crippen molar-refractivity contribution in [3.63, 3.8) is 0 Å². The van der Waals surface area contributed by atoms with Gasteiger partial charge in [0, 0.05) is 18.3 Å². The molecule has 1 saturated heterocycles. The lowest BCUT2D eigenvalue weighted by atomic mass is 9.99. The fraction of sp³-hybridized carbons (Fsp3) is 0.632. The highest BCUT2D eigenvalue weighted by atomic mass is 16.5. The zero-order chi connectivity index (χ0) is 19.4. The first-order valence-electron chi connectivity index (χ1n) is 9.10. The van der Waals surface area contributed by atoms with Crippen LogP contribution in [0.1, 0.15) is 71.6 Å². The van der Waals surface area contributed by atoms with Gasteiger partial charge in [0.2, 0.25) is 0 Å². The van der Waals surface area contributed by atoms with Gasteiger partial charge >= 0.3 is 11.9 Å². The first kappa shape index (κ1) is 20.0. The molecule has 144 valence electrons. The van der Waals surface area contributed by atoms with Crippen LogP contribution in [0.4, 0.5) is 0 Å². The molecule has 7 nitrogen and oxygen atoms in total. The van der Waals surface area contributed by atoms with E-state index in [1.807, 2.05) is 4.90 Å². The molecule has 1 N–H and O–H groups in total. The number of nitrogens with one attached hydrogen (secondary N) is 1. The van der Waals surface area contributed by atoms with Crippen LogP contribution in [-0.4, -0.2) is 53.5 Å². The number of H-pyrrole nitrogens is 1. The number of nitrogens with zero attached hydrogens (tertiary/aromatic N) is 1. The number of carbonyl (C=O) groups is 3. The van der Waals surface area contributed by atoms with E-state index >= 15 is 0 Å². The number of rotatable bonds is 5. The van der Waals surface area contributed by atoms with Gasteiger partial charge in [-0.15, -0.1) is 0 Å². The number of likely N-dealkylation sites (tertiary alicyclic amines) is 1. The summed E-state index contributed by atoms with van der Waals surface area (Å²) in [6.45, 7) is 7.69. The van der Waals surface area contributed by atoms with Crippen LogP contribution >= 0.6 is 0 Å². The maximum Gasteiger partial charge on any atom is 0.355 e. The third-order valence-electron chi connectivity index (χ3n) is 5.04. The predicted molar refractivity (Wildman–Crippen MR) is 96.1 cm³/mol. The van der Waals surface area contributed by atoms with E-state index in [9.17, 15) is 14.4 Å². The molecule has 1 aromatic heterocycles. The van der Waals surface area contributed by atoms with Gasteiger partial charge in [-0.1, -0.05) is 6.92 Å². The predicted octanol–water partition coefficient (Wildman–Crippen LogP) is 2.75. The Balaban J connectivity index is 2.12. The molecule has 0 spiro atoms. The molecule has 7 heteroatoms. The Bertz CT molecular complexity index is 694. The molecule has 0 aromatic carbocycles. The topological polar surface area (TPSA) is 88.7 Å². The largest absolute Gasteiger partial charge is 0.465 e. The third-order valence-corrected chi connectivity index (χ3v) is 5.04. The molecule has 1 amide bonds. The zero-order valence-corrected chi connectivity index (χ0v) is 16.2. The summed E-state index contributed by atoms with van der Waals surface area (Å²) in [6, 6.07) is 0.206. The number of amides is 1. The molecule has 2 atom stereocenters. The van der Waals surface area contributed by atoms with Crippen LogP contribution in [0.2, 0.25) is 0 Å². The van der Waals surface area contributed by atoms with E-state index in [1.165, 1.54) is 7.11 Å². The van der Waals surface area contributed by atoms with E-state index in [4.69, 9.17) is 9.47 Å². The van der Waals surface area contributed by atoms with Gasteiger partial charge in [-0.25, -0.2) is 9.59 Å². The molecule has 0 aliphatic carbocycles. The van der Waals surface area contributed by atoms with Crippen LogP contribution in [0.5, 0.6) is 0 Å². The fourth-order valence-electron chi connectivity index (χ4n) is 3.58. The van der Waals surface area contributed by atoms with Gasteiger partial charge in [-0.3, -0.25) is 4.79 Å². The molecule has 0 unspecified atom stereocenters. The number of aryl methyl sites for hydroxylation is 1. The zero-order valence-electron chi connectivity index (χ0n) is 16.2. The van der Waals surface area contributed by atoms with Crippen LogP contribution in [0.15, 0.2) is 0 Å². The molecule has 1 aliphatic rings. The maximum absolute atomic E-state index is 12.7. The van der Waals surface area contributed by atoms with E-state index in [0.29, 0.717) is 23.4 Å². The van der Waals surface area contributed by atoms with Crippen LogP contribution in [-0.2, 0) is 14.3 Å². The molecular weight excluding hydrogens is 336 g/mol. The van der Waals surface area contributed by atoms with Crippen LogP contribution in [0.3, 0.4) is 0 Å². The van der Waals surface area contributed by atoms with Crippen molar-refractivity contribution in [1.82, 2.24) is 9.88 Å². The summed E-state index contributed by atoms with van der Waals surface area (Å²) in [4.78, 5) is 41.8. The Hall–Kier alpha value is -2.31. The van der Waals surface area contributed by atoms with Crippen molar-refractivity contribution in [2.24, 2.45) is 0 Å². The SMILES string of the molecule is CC[C@@H]1CCCCN1C(=O)[C@H](C)OC(=O)c1[nH]c(C)c(C(=O)OC)c1C. The second kappa shape index (κ2) is 8.38. The van der Waals surface area contributed by atoms with E-state index in [1.54, 1.807) is 20.8 Å². The van der Waals surface area contributed by atoms with Crippen molar-refractivity contribution >= 4 is 17.8 Å². The summed E-state index contributed by atoms with van der Waals surface area (Å²) in [7, 11) is 1.29. The van der Waals surface area contributed by atoms with Gasteiger partial charge in [0.15, 0.2) is 6.10 Å². The van der Waals surface area contributed by atoms with Crippen LogP contribution in [0, 0.1) is 13.8 Å². The number of methoxy groups -OCH3 is 1. The normalized spacial score (nSPS) is 18.3. The molecule has 0 bridgehead atoms. The van der Waals surface area contributed by atoms with Crippen molar-refractivity contribution in [2.45, 2.75) is 65.5 Å². The number of esters is 2. The smallest absolute Gasteiger partial charge is 0.355 e. The second-order valence-electron chi connectivity index (χ2n) is 6.75. The van der Waals surface area contributed by atoms with Crippen LogP contribution in [0.25, 0.3) is 0 Å². The standard InChI is InChI=1S/C19H28N2O5/c1-6-14-9-7-8-10-21(14)17(22)13(4)26-19(24)16-11(2)15(12(3)20-16)18(23)25-5/h13-14,20H,6-10H2,1-5H3/t13-,14+/m0/s1. The summed E-state index contributed by atoms with van der Waals surface area (Å²) in [6.07, 6.45) is 3.09. The molecule has 0 saturated carbocycles. The number of hydrogen-bond donors (Lipinski definition) is 1. The summed E-state index contributed by atoms with van der Waals surface area (Å²) in [5.74, 6) is -1.33. The lowest BCUT2D eigenvalue weighted by Gasteiger charge is -2.36. The average molecular weight is 364 g/mol. The van der Waals surface area contributed by atoms with Gasteiger partial charge < -0.3 is 19.4 Å². The van der Waals surface area contributed by atoms with Gasteiger partial charge in [-0.05, 0) is 52.0 Å². The first-order valence-corrected chi connectivity index (χ1v) is 9.10. The van der Waals surface area contributed by atoms with E-state index < -0.39 is 18.0 Å². The van der Waals surface area contributed by atoms with Gasteiger partial charge in [0.25, 0.3) is 5.91 Å². The van der Waals surface area contributed by atoms with Crippen molar-refractivity contribution in [3.05, 3.63) is 22.5 Å². The number of carbonyl (C=O) groups excluding carboxylic acids is 3. The highest BCUT2D eigenvalue weighted by Crippen LogP contribution is 2.23. The molecule has 2 heterocycles. The van der Waals surface area contributed by atoms with E-state index in [0.717, 1.165) is 25.7 Å². The second-order valence-corrected chi connectivity index (χ2v) is 6.75. The summed E-state index contributed by atoms with van der Waals surface area (Å²) < 4.78 is 10.1. The highest BCUT2D eigenvalue weighted by molar-refractivity contribution is 5.99. The molecule has 1 aromatic rings. The van der Waals surface area contributed by atoms with Crippen molar-refractivity contribution in [2.75, 3.05) is 13.7 Å². The monoisotopic (exact) mass is 364 g/mol. The van der Waals surface area contributed by atoms with Crippen molar-refractivity contribution in [3.8, 4) is 0 Å². The first-order chi connectivity index (χ1) is 12.3. The molecule has 26 heavy (non-hydrogen) atoms. The molecule has 0 radical (unpaired) electrons. The van der Waals surface area contributed by atoms with Gasteiger partial charge in [0.05, 0.1) is 12.7 Å². The molecule has 2 rings (SSSR count). The van der Waals surface area contributed by atoms with E-state index in [-0.39, 0.29) is 17.6 Å². The van der Waals surface area contributed by atoms with Crippen LogP contribution < -0.4 is 0 Å². The number of aromatic amines is 1. The number of piperidine rings is 1. The van der Waals surface area contributed by atoms with Crippen molar-refractivity contribution < 1.29 is 23.9 Å². The quantitative estimate of drug-likeness (QED) is 0.812. The molecular formula is C19H28N2O5. The van der Waals surface area contributed by atoms with Gasteiger partial charge in [-0.2, -0.15) is 0 Å². The minimum absolute atomic E-state index is 0.168. The van der Waals surface area contributed by atoms with E-state index in [2.05, 4.69) is 11.9 Å². The molecule has 1 aliphatic heterocycles. The lowest BCUT2D eigenvalue weighted by Crippen LogP contribution is -2.48. The highest BCUT2D eigenvalue weighted by Gasteiger charge is 2.32. The number of aromatic nitrogens is 1. The van der Waals surface area contributed by atoms with Crippen molar-refractivity contribution in [1.29, 1.82) is 0 Å². The third kappa shape index (κ3) is 3.92. The summed E-state index contributed by atoms with van der Waals surface area (Å²) in [5, 5.41) is 0. The fourth-order valence-corrected chi connectivity index (χ4v) is 3.58. The Morgan fingerprint density at radius 3 is 2.54 bits per heavy atom. The Labute approximate surface area is 154 Å². The summed E-state index contributed by atoms with van der Waals surface area (Å²) >= 11 is 0. The maximum atomic E-state index is 12.7. The minimum Gasteiger partial charge on any atom is -0.465 e. The number of hydrogen-bond acceptors (Lipinski definition) is 5. The Morgan fingerprint density at radius 1 is 1.23 bits per heavy atom. The summed E-state index contributed by atoms with van der Waals surface area (Å²) in [5.41, 5.74) is 1.49. The van der Waals surface area contributed by atoms with Gasteiger partial charge in [0.1, 0.15) is 5.69 Å². The Morgan fingerprint density at radius 2 is 1.92 bits per heavy atom. The Kier molecular flexibility index (Phi) is 6.45. The lowest BCUT2D eigenvalue weighted by molar-refractivity contribution is -0.143. The average Bonchev–Trinajstić information content (AvgIpc) is 2.94. The molecule has 1 fully saturated rings. The number of ether oxygens (including phenoxy) is 2. The minimum atomic E-state index is -0.876.